The fourth-order valence-corrected chi connectivity index (χ4v) is 2.01. The summed E-state index contributed by atoms with van der Waals surface area (Å²) in [5, 5.41) is 4.75. The maximum atomic E-state index is 12.6. The number of amides is 2. The molecular formula is C19H15F3N2O2. The molecule has 134 valence electrons. The minimum Gasteiger partial charge on any atom is -0.327 e. The molecule has 7 heteroatoms. The molecule has 0 aromatic heterocycles. The van der Waals surface area contributed by atoms with Crippen LogP contribution in [-0.4, -0.2) is 18.4 Å². The third-order valence-electron chi connectivity index (χ3n) is 3.31. The molecule has 0 bridgehead atoms. The maximum Gasteiger partial charge on any atom is 0.416 e. The third-order valence-corrected chi connectivity index (χ3v) is 3.31. The van der Waals surface area contributed by atoms with Gasteiger partial charge in [-0.2, -0.15) is 13.2 Å². The Morgan fingerprint density at radius 1 is 1.08 bits per heavy atom. The number of hydrogen-bond acceptors (Lipinski definition) is 2. The van der Waals surface area contributed by atoms with E-state index in [0.29, 0.717) is 11.1 Å². The van der Waals surface area contributed by atoms with E-state index >= 15 is 0 Å². The molecule has 4 nitrogen and oxygen atoms in total. The van der Waals surface area contributed by atoms with E-state index in [0.717, 1.165) is 12.1 Å². The van der Waals surface area contributed by atoms with Gasteiger partial charge in [0.25, 0.3) is 0 Å². The van der Waals surface area contributed by atoms with Gasteiger partial charge in [-0.05, 0) is 37.3 Å². The minimum absolute atomic E-state index is 0.0131. The number of halogens is 3. The normalized spacial score (nSPS) is 10.5. The molecule has 0 atom stereocenters. The highest BCUT2D eigenvalue weighted by Gasteiger charge is 2.30. The number of carbonyl (C=O) groups excluding carboxylic acids is 2. The van der Waals surface area contributed by atoms with Crippen molar-refractivity contribution in [3.8, 4) is 11.8 Å². The van der Waals surface area contributed by atoms with E-state index < -0.39 is 17.8 Å². The van der Waals surface area contributed by atoms with Gasteiger partial charge in [0.1, 0.15) is 0 Å². The largest absolute Gasteiger partial charge is 0.416 e. The number of Topliss-reactive ketones (excluding diaryl/α,β-unsaturated/α-hetero) is 1. The standard InChI is InChI=1S/C19H15F3N2O2/c1-13(25)15-9-7-14(8-10-15)4-3-11-23-18(26)24-17-6-2-5-16(12-17)19(20,21)22/h2,5-10,12H,11H2,1H3,(H2,23,24,26). The first-order valence-electron chi connectivity index (χ1n) is 7.58. The first-order valence-corrected chi connectivity index (χ1v) is 7.58. The topological polar surface area (TPSA) is 58.2 Å². The Kier molecular flexibility index (Phi) is 6.02. The molecule has 0 aliphatic carbocycles. The van der Waals surface area contributed by atoms with Crippen LogP contribution in [0.15, 0.2) is 48.5 Å². The van der Waals surface area contributed by atoms with Crippen molar-refractivity contribution in [3.05, 3.63) is 65.2 Å². The molecule has 0 saturated heterocycles. The summed E-state index contributed by atoms with van der Waals surface area (Å²) in [5.74, 6) is 5.48. The highest BCUT2D eigenvalue weighted by Crippen LogP contribution is 2.30. The Morgan fingerprint density at radius 2 is 1.77 bits per heavy atom. The minimum atomic E-state index is -4.47. The first-order chi connectivity index (χ1) is 12.3. The number of alkyl halides is 3. The van der Waals surface area contributed by atoms with Gasteiger partial charge in [-0.3, -0.25) is 4.79 Å². The van der Waals surface area contributed by atoms with Crippen molar-refractivity contribution in [1.29, 1.82) is 0 Å². The maximum absolute atomic E-state index is 12.6. The monoisotopic (exact) mass is 360 g/mol. The van der Waals surface area contributed by atoms with Crippen LogP contribution in [0.1, 0.15) is 28.4 Å². The van der Waals surface area contributed by atoms with Crippen molar-refractivity contribution in [2.24, 2.45) is 0 Å². The molecular weight excluding hydrogens is 345 g/mol. The van der Waals surface area contributed by atoms with Crippen LogP contribution >= 0.6 is 0 Å². The summed E-state index contributed by atoms with van der Waals surface area (Å²) in [5.41, 5.74) is 0.443. The zero-order chi connectivity index (χ0) is 19.2. The van der Waals surface area contributed by atoms with Crippen LogP contribution in [0.4, 0.5) is 23.7 Å². The van der Waals surface area contributed by atoms with Crippen LogP contribution in [-0.2, 0) is 6.18 Å². The molecule has 26 heavy (non-hydrogen) atoms. The van der Waals surface area contributed by atoms with Crippen molar-refractivity contribution < 1.29 is 22.8 Å². The summed E-state index contributed by atoms with van der Waals surface area (Å²) < 4.78 is 37.9. The number of urea groups is 1. The molecule has 0 aliphatic rings. The van der Waals surface area contributed by atoms with Gasteiger partial charge in [0, 0.05) is 16.8 Å². The SMILES string of the molecule is CC(=O)c1ccc(C#CCNC(=O)Nc2cccc(C(F)(F)F)c2)cc1. The zero-order valence-corrected chi connectivity index (χ0v) is 13.8. The van der Waals surface area contributed by atoms with Gasteiger partial charge in [-0.25, -0.2) is 4.79 Å². The number of anilines is 1. The van der Waals surface area contributed by atoms with Gasteiger partial charge in [0.15, 0.2) is 5.78 Å². The van der Waals surface area contributed by atoms with Gasteiger partial charge in [-0.1, -0.05) is 30.0 Å². The Bertz CT molecular complexity index is 863. The van der Waals surface area contributed by atoms with Crippen LogP contribution in [0.2, 0.25) is 0 Å². The first kappa shape index (κ1) is 19.1. The van der Waals surface area contributed by atoms with Crippen molar-refractivity contribution in [2.75, 3.05) is 11.9 Å². The van der Waals surface area contributed by atoms with E-state index in [-0.39, 0.29) is 18.0 Å². The lowest BCUT2D eigenvalue weighted by Gasteiger charge is -2.09. The van der Waals surface area contributed by atoms with Crippen LogP contribution in [0.5, 0.6) is 0 Å². The van der Waals surface area contributed by atoms with Crippen molar-refractivity contribution >= 4 is 17.5 Å². The molecule has 2 amide bonds. The molecule has 0 unspecified atom stereocenters. The summed E-state index contributed by atoms with van der Waals surface area (Å²) in [4.78, 5) is 22.9. The molecule has 0 saturated carbocycles. The smallest absolute Gasteiger partial charge is 0.327 e. The lowest BCUT2D eigenvalue weighted by molar-refractivity contribution is -0.137. The van der Waals surface area contributed by atoms with Gasteiger partial charge < -0.3 is 10.6 Å². The van der Waals surface area contributed by atoms with Crippen LogP contribution in [0, 0.1) is 11.8 Å². The van der Waals surface area contributed by atoms with Crippen molar-refractivity contribution in [2.45, 2.75) is 13.1 Å². The van der Waals surface area contributed by atoms with E-state index in [1.165, 1.54) is 19.1 Å². The van der Waals surface area contributed by atoms with Crippen molar-refractivity contribution in [1.82, 2.24) is 5.32 Å². The van der Waals surface area contributed by atoms with Gasteiger partial charge in [0.2, 0.25) is 0 Å². The quantitative estimate of drug-likeness (QED) is 0.640. The van der Waals surface area contributed by atoms with Gasteiger partial charge >= 0.3 is 12.2 Å². The highest BCUT2D eigenvalue weighted by molar-refractivity contribution is 5.94. The molecule has 0 spiro atoms. The molecule has 2 aromatic rings. The molecule has 2 N–H and O–H groups in total. The number of hydrogen-bond donors (Lipinski definition) is 2. The Hall–Kier alpha value is -3.27. The number of ketones is 1. The summed E-state index contributed by atoms with van der Waals surface area (Å²) in [7, 11) is 0. The van der Waals surface area contributed by atoms with E-state index in [1.54, 1.807) is 24.3 Å². The summed E-state index contributed by atoms with van der Waals surface area (Å²) in [6.45, 7) is 1.48. The number of carbonyl (C=O) groups is 2. The second-order valence-corrected chi connectivity index (χ2v) is 5.32. The average molecular weight is 360 g/mol. The van der Waals surface area contributed by atoms with Crippen LogP contribution in [0.3, 0.4) is 0 Å². The fraction of sp³-hybridized carbons (Fsp3) is 0.158. The Morgan fingerprint density at radius 3 is 2.38 bits per heavy atom. The average Bonchev–Trinajstić information content (AvgIpc) is 2.58. The Labute approximate surface area is 148 Å². The molecule has 2 rings (SSSR count). The Balaban J connectivity index is 1.87. The predicted molar refractivity (Wildman–Crippen MR) is 91.8 cm³/mol. The third kappa shape index (κ3) is 5.67. The van der Waals surface area contributed by atoms with E-state index in [9.17, 15) is 22.8 Å². The number of benzene rings is 2. The molecule has 0 heterocycles. The summed E-state index contributed by atoms with van der Waals surface area (Å²) >= 11 is 0. The fourth-order valence-electron chi connectivity index (χ4n) is 2.01. The molecule has 0 radical (unpaired) electrons. The molecule has 2 aromatic carbocycles. The van der Waals surface area contributed by atoms with Crippen molar-refractivity contribution in [3.63, 3.8) is 0 Å². The lowest BCUT2D eigenvalue weighted by Crippen LogP contribution is -2.29. The number of rotatable bonds is 3. The lowest BCUT2D eigenvalue weighted by atomic mass is 10.1. The molecule has 0 fully saturated rings. The second kappa shape index (κ2) is 8.21. The predicted octanol–water partition coefficient (Wildman–Crippen LogP) is 4.08. The van der Waals surface area contributed by atoms with E-state index in [1.807, 2.05) is 0 Å². The second-order valence-electron chi connectivity index (χ2n) is 5.32. The van der Waals surface area contributed by atoms with E-state index in [4.69, 9.17) is 0 Å². The van der Waals surface area contributed by atoms with Gasteiger partial charge in [-0.15, -0.1) is 0 Å². The highest BCUT2D eigenvalue weighted by atomic mass is 19.4. The van der Waals surface area contributed by atoms with E-state index in [2.05, 4.69) is 22.5 Å². The van der Waals surface area contributed by atoms with Crippen LogP contribution in [0.25, 0.3) is 0 Å². The summed E-state index contributed by atoms with van der Waals surface area (Å²) in [6.07, 6.45) is -4.47. The number of nitrogens with one attached hydrogen (secondary N) is 2. The van der Waals surface area contributed by atoms with Gasteiger partial charge in [0.05, 0.1) is 12.1 Å². The zero-order valence-electron chi connectivity index (χ0n) is 13.8. The summed E-state index contributed by atoms with van der Waals surface area (Å²) in [6, 6.07) is 10.4. The van der Waals surface area contributed by atoms with Crippen LogP contribution < -0.4 is 10.6 Å². The molecule has 0 aliphatic heterocycles.